The molecule has 0 unspecified atom stereocenters. The fourth-order valence-corrected chi connectivity index (χ4v) is 4.71. The minimum atomic E-state index is -3.32. The highest BCUT2D eigenvalue weighted by atomic mass is 35.5. The van der Waals surface area contributed by atoms with Crippen LogP contribution in [0.25, 0.3) is 0 Å². The van der Waals surface area contributed by atoms with Crippen LogP contribution in [0.1, 0.15) is 28.8 Å². The summed E-state index contributed by atoms with van der Waals surface area (Å²) in [5, 5.41) is 14.7. The number of carboxylic acid groups (broad SMARTS) is 1. The summed E-state index contributed by atoms with van der Waals surface area (Å²) in [5.74, 6) is 0.280. The van der Waals surface area contributed by atoms with E-state index in [9.17, 15) is 18.0 Å². The van der Waals surface area contributed by atoms with E-state index in [4.69, 9.17) is 9.84 Å². The fraction of sp³-hybridized carbons (Fsp3) is 0.259. The van der Waals surface area contributed by atoms with Gasteiger partial charge in [-0.05, 0) is 79.1 Å². The van der Waals surface area contributed by atoms with Gasteiger partial charge in [-0.15, -0.1) is 12.4 Å². The average Bonchev–Trinajstić information content (AvgIpc) is 2.87. The molecule has 1 aliphatic heterocycles. The fourth-order valence-electron chi connectivity index (χ4n) is 4.15. The molecule has 1 heterocycles. The zero-order valence-electron chi connectivity index (χ0n) is 21.3. The van der Waals surface area contributed by atoms with Gasteiger partial charge in [-0.2, -0.15) is 0 Å². The summed E-state index contributed by atoms with van der Waals surface area (Å²) >= 11 is 0. The van der Waals surface area contributed by atoms with E-state index in [-0.39, 0.29) is 30.0 Å². The van der Waals surface area contributed by atoms with Gasteiger partial charge in [-0.1, -0.05) is 12.1 Å². The number of aromatic carboxylic acids is 1. The maximum absolute atomic E-state index is 12.3. The molecular weight excluding hydrogens is 544 g/mol. The summed E-state index contributed by atoms with van der Waals surface area (Å²) in [6.45, 7) is 2.50. The first-order chi connectivity index (χ1) is 18.1. The number of ether oxygens (including phenoxy) is 1. The van der Waals surface area contributed by atoms with Crippen LogP contribution in [0.4, 0.5) is 16.2 Å². The Hall–Kier alpha value is -3.80. The number of anilines is 2. The number of likely N-dealkylation sites (tertiary alicyclic amines) is 1. The second kappa shape index (κ2) is 13.3. The number of nitrogens with one attached hydrogen (secondary N) is 3. The largest absolute Gasteiger partial charge is 0.478 e. The van der Waals surface area contributed by atoms with Gasteiger partial charge in [0.2, 0.25) is 10.0 Å². The summed E-state index contributed by atoms with van der Waals surface area (Å²) < 4.78 is 30.9. The number of hydrogen-bond donors (Lipinski definition) is 4. The molecule has 12 heteroatoms. The van der Waals surface area contributed by atoms with Crippen LogP contribution < -0.4 is 20.1 Å². The number of rotatable bonds is 9. The SMILES string of the molecule is CS(=O)(=O)Nc1ccc(Oc2ccc(CN3CCC(NC(=O)Nc4ccc(C(=O)O)cc4)CC3)cc2)cc1.Cl. The number of carboxylic acids is 1. The molecule has 1 fully saturated rings. The van der Waals surface area contributed by atoms with E-state index in [0.29, 0.717) is 22.9 Å². The van der Waals surface area contributed by atoms with Crippen LogP contribution in [0, 0.1) is 0 Å². The summed E-state index contributed by atoms with van der Waals surface area (Å²) in [5.41, 5.74) is 2.33. The molecule has 0 aromatic heterocycles. The second-order valence-corrected chi connectivity index (χ2v) is 10.9. The van der Waals surface area contributed by atoms with Gasteiger partial charge in [-0.25, -0.2) is 18.0 Å². The van der Waals surface area contributed by atoms with Crippen molar-refractivity contribution in [3.05, 3.63) is 83.9 Å². The Labute approximate surface area is 233 Å². The number of hydrogen-bond acceptors (Lipinski definition) is 6. The van der Waals surface area contributed by atoms with E-state index >= 15 is 0 Å². The Morgan fingerprint density at radius 1 is 0.897 bits per heavy atom. The highest BCUT2D eigenvalue weighted by Crippen LogP contribution is 2.24. The lowest BCUT2D eigenvalue weighted by Crippen LogP contribution is -2.45. The lowest BCUT2D eigenvalue weighted by atomic mass is 10.0. The van der Waals surface area contributed by atoms with Crippen LogP contribution in [0.3, 0.4) is 0 Å². The molecule has 39 heavy (non-hydrogen) atoms. The molecule has 3 aromatic rings. The summed E-state index contributed by atoms with van der Waals surface area (Å²) in [6.07, 6.45) is 2.76. The van der Waals surface area contributed by atoms with E-state index in [0.717, 1.165) is 44.3 Å². The van der Waals surface area contributed by atoms with Crippen molar-refractivity contribution in [2.24, 2.45) is 0 Å². The number of carbonyl (C=O) groups excluding carboxylic acids is 1. The average molecular weight is 575 g/mol. The maximum atomic E-state index is 12.3. The minimum absolute atomic E-state index is 0. The number of halogens is 1. The molecular formula is C27H31ClN4O6S. The normalized spacial score (nSPS) is 14.1. The topological polar surface area (TPSA) is 137 Å². The molecule has 1 aliphatic rings. The molecule has 0 saturated carbocycles. The predicted octanol–water partition coefficient (Wildman–Crippen LogP) is 4.76. The zero-order chi connectivity index (χ0) is 27.1. The molecule has 1 saturated heterocycles. The highest BCUT2D eigenvalue weighted by Gasteiger charge is 2.21. The molecule has 4 N–H and O–H groups in total. The van der Waals surface area contributed by atoms with Crippen LogP contribution in [0.5, 0.6) is 11.5 Å². The molecule has 0 aliphatic carbocycles. The Morgan fingerprint density at radius 3 is 1.97 bits per heavy atom. The van der Waals surface area contributed by atoms with E-state index in [1.54, 1.807) is 36.4 Å². The van der Waals surface area contributed by atoms with E-state index in [1.165, 1.54) is 12.1 Å². The summed E-state index contributed by atoms with van der Waals surface area (Å²) in [4.78, 5) is 25.6. The summed E-state index contributed by atoms with van der Waals surface area (Å²) in [7, 11) is -3.32. The van der Waals surface area contributed by atoms with Gasteiger partial charge in [0.25, 0.3) is 0 Å². The Balaban J connectivity index is 0.00000420. The number of sulfonamides is 1. The number of nitrogens with zero attached hydrogens (tertiary/aromatic N) is 1. The predicted molar refractivity (Wildman–Crippen MR) is 153 cm³/mol. The van der Waals surface area contributed by atoms with Crippen molar-refractivity contribution in [3.63, 3.8) is 0 Å². The number of urea groups is 1. The molecule has 0 bridgehead atoms. The van der Waals surface area contributed by atoms with Gasteiger partial charge in [0.1, 0.15) is 11.5 Å². The smallest absolute Gasteiger partial charge is 0.335 e. The van der Waals surface area contributed by atoms with Crippen molar-refractivity contribution in [2.45, 2.75) is 25.4 Å². The van der Waals surface area contributed by atoms with E-state index in [1.807, 2.05) is 24.3 Å². The molecule has 3 aromatic carbocycles. The van der Waals surface area contributed by atoms with Crippen molar-refractivity contribution >= 4 is 45.8 Å². The zero-order valence-corrected chi connectivity index (χ0v) is 22.9. The number of piperidine rings is 1. The lowest BCUT2D eigenvalue weighted by Gasteiger charge is -2.32. The third-order valence-electron chi connectivity index (χ3n) is 6.04. The van der Waals surface area contributed by atoms with Gasteiger partial charge < -0.3 is 20.5 Å². The van der Waals surface area contributed by atoms with Gasteiger partial charge in [0.05, 0.1) is 11.8 Å². The van der Waals surface area contributed by atoms with Crippen molar-refractivity contribution in [3.8, 4) is 11.5 Å². The van der Waals surface area contributed by atoms with Gasteiger partial charge >= 0.3 is 12.0 Å². The van der Waals surface area contributed by atoms with Crippen LogP contribution >= 0.6 is 12.4 Å². The Kier molecular flexibility index (Phi) is 10.2. The van der Waals surface area contributed by atoms with Crippen LogP contribution in [-0.2, 0) is 16.6 Å². The standard InChI is InChI=1S/C27H30N4O6S.ClH/c1-38(35,36)30-23-8-12-25(13-9-23)37-24-10-2-19(3-11-24)18-31-16-14-22(15-17-31)29-27(34)28-21-6-4-20(5-7-21)26(32)33;/h2-13,22,30H,14-18H2,1H3,(H,32,33)(H2,28,29,34);1H. The first-order valence-corrected chi connectivity index (χ1v) is 14.0. The molecule has 2 amide bonds. The number of benzene rings is 3. The first kappa shape index (κ1) is 29.8. The molecule has 0 radical (unpaired) electrons. The van der Waals surface area contributed by atoms with Crippen LogP contribution in [0.2, 0.25) is 0 Å². The van der Waals surface area contributed by atoms with Gasteiger partial charge in [-0.3, -0.25) is 9.62 Å². The quantitative estimate of drug-likeness (QED) is 0.289. The van der Waals surface area contributed by atoms with Crippen molar-refractivity contribution in [1.29, 1.82) is 0 Å². The monoisotopic (exact) mass is 574 g/mol. The Morgan fingerprint density at radius 2 is 1.44 bits per heavy atom. The Bertz CT molecular complexity index is 1360. The maximum Gasteiger partial charge on any atom is 0.335 e. The van der Waals surface area contributed by atoms with Crippen LogP contribution in [-0.4, -0.2) is 55.8 Å². The van der Waals surface area contributed by atoms with E-state index < -0.39 is 16.0 Å². The molecule has 4 rings (SSSR count). The third kappa shape index (κ3) is 9.47. The number of carbonyl (C=O) groups is 2. The van der Waals surface area contributed by atoms with Crippen molar-refractivity contribution in [2.75, 3.05) is 29.4 Å². The van der Waals surface area contributed by atoms with Crippen molar-refractivity contribution in [1.82, 2.24) is 10.2 Å². The molecule has 0 atom stereocenters. The van der Waals surface area contributed by atoms with Gasteiger partial charge in [0, 0.05) is 37.1 Å². The van der Waals surface area contributed by atoms with Crippen molar-refractivity contribution < 1.29 is 27.9 Å². The van der Waals surface area contributed by atoms with E-state index in [2.05, 4.69) is 20.3 Å². The first-order valence-electron chi connectivity index (χ1n) is 12.1. The van der Waals surface area contributed by atoms with Crippen LogP contribution in [0.15, 0.2) is 72.8 Å². The highest BCUT2D eigenvalue weighted by molar-refractivity contribution is 7.92. The second-order valence-electron chi connectivity index (χ2n) is 9.18. The molecule has 10 nitrogen and oxygen atoms in total. The molecule has 0 spiro atoms. The van der Waals surface area contributed by atoms with Gasteiger partial charge in [0.15, 0.2) is 0 Å². The summed E-state index contributed by atoms with van der Waals surface area (Å²) in [6, 6.07) is 20.3. The number of amides is 2. The minimum Gasteiger partial charge on any atom is -0.478 e. The lowest BCUT2D eigenvalue weighted by molar-refractivity contribution is 0.0697. The third-order valence-corrected chi connectivity index (χ3v) is 6.64. The molecule has 208 valence electrons.